The van der Waals surface area contributed by atoms with Crippen molar-refractivity contribution >= 4 is 5.82 Å². The summed E-state index contributed by atoms with van der Waals surface area (Å²) in [5, 5.41) is 16.5. The van der Waals surface area contributed by atoms with Gasteiger partial charge >= 0.3 is 0 Å². The molecule has 2 N–H and O–H groups in total. The minimum absolute atomic E-state index is 0.0277. The summed E-state index contributed by atoms with van der Waals surface area (Å²) >= 11 is 0. The van der Waals surface area contributed by atoms with Crippen molar-refractivity contribution in [2.24, 2.45) is 0 Å². The van der Waals surface area contributed by atoms with Crippen molar-refractivity contribution in [2.45, 2.75) is 33.4 Å². The van der Waals surface area contributed by atoms with Crippen LogP contribution in [0.2, 0.25) is 0 Å². The Labute approximate surface area is 133 Å². The molecule has 126 valence electrons. The largest absolute Gasteiger partial charge is 0.472 e. The molecule has 0 saturated heterocycles. The van der Waals surface area contributed by atoms with Gasteiger partial charge < -0.3 is 15.2 Å². The van der Waals surface area contributed by atoms with Crippen molar-refractivity contribution in [2.75, 3.05) is 18.5 Å². The van der Waals surface area contributed by atoms with E-state index >= 15 is 0 Å². The normalized spacial score (nSPS) is 11.0. The number of hydrogen-bond acceptors (Lipinski definition) is 5. The fourth-order valence-corrected chi connectivity index (χ4v) is 2.22. The Bertz CT molecular complexity index is 646. The molecule has 0 atom stereocenters. The molecule has 6 nitrogen and oxygen atoms in total. The maximum absolute atomic E-state index is 12.1. The number of aliphatic hydroxyl groups is 1. The SMILES string of the molecule is Cc1nn(CCO)c(C)c1CNc1cccc(OCC(F)F)n1. The van der Waals surface area contributed by atoms with Crippen molar-refractivity contribution in [1.82, 2.24) is 14.8 Å². The second-order valence-electron chi connectivity index (χ2n) is 5.01. The van der Waals surface area contributed by atoms with E-state index in [0.717, 1.165) is 17.0 Å². The average molecular weight is 326 g/mol. The highest BCUT2D eigenvalue weighted by Crippen LogP contribution is 2.17. The fourth-order valence-electron chi connectivity index (χ4n) is 2.22. The summed E-state index contributed by atoms with van der Waals surface area (Å²) in [6.07, 6.45) is -2.53. The summed E-state index contributed by atoms with van der Waals surface area (Å²) in [5.74, 6) is 0.685. The number of pyridine rings is 1. The number of nitrogens with one attached hydrogen (secondary N) is 1. The molecule has 0 spiro atoms. The van der Waals surface area contributed by atoms with Crippen LogP contribution in [-0.4, -0.2) is 39.5 Å². The molecule has 0 bridgehead atoms. The predicted octanol–water partition coefficient (Wildman–Crippen LogP) is 2.14. The van der Waals surface area contributed by atoms with Crippen LogP contribution in [-0.2, 0) is 13.1 Å². The third kappa shape index (κ3) is 4.62. The molecule has 2 aromatic heterocycles. The van der Waals surface area contributed by atoms with Crippen LogP contribution in [0.4, 0.5) is 14.6 Å². The van der Waals surface area contributed by atoms with Gasteiger partial charge in [0.2, 0.25) is 5.88 Å². The topological polar surface area (TPSA) is 72.2 Å². The molecular weight excluding hydrogens is 306 g/mol. The second-order valence-corrected chi connectivity index (χ2v) is 5.01. The minimum atomic E-state index is -2.53. The molecule has 0 aliphatic carbocycles. The van der Waals surface area contributed by atoms with Gasteiger partial charge in [0, 0.05) is 23.9 Å². The summed E-state index contributed by atoms with van der Waals surface area (Å²) in [5.41, 5.74) is 2.85. The molecular formula is C15H20F2N4O2. The van der Waals surface area contributed by atoms with Crippen LogP contribution in [0.15, 0.2) is 18.2 Å². The lowest BCUT2D eigenvalue weighted by molar-refractivity contribution is 0.0796. The smallest absolute Gasteiger partial charge is 0.272 e. The third-order valence-electron chi connectivity index (χ3n) is 3.37. The zero-order valence-electron chi connectivity index (χ0n) is 13.1. The van der Waals surface area contributed by atoms with Crippen LogP contribution < -0.4 is 10.1 Å². The van der Waals surface area contributed by atoms with E-state index in [-0.39, 0.29) is 12.5 Å². The second kappa shape index (κ2) is 7.87. The zero-order valence-corrected chi connectivity index (χ0v) is 13.1. The third-order valence-corrected chi connectivity index (χ3v) is 3.37. The predicted molar refractivity (Wildman–Crippen MR) is 81.8 cm³/mol. The highest BCUT2D eigenvalue weighted by Gasteiger charge is 2.11. The lowest BCUT2D eigenvalue weighted by atomic mass is 10.2. The van der Waals surface area contributed by atoms with Gasteiger partial charge in [0.05, 0.1) is 18.8 Å². The first kappa shape index (κ1) is 17.1. The van der Waals surface area contributed by atoms with E-state index < -0.39 is 13.0 Å². The lowest BCUT2D eigenvalue weighted by Crippen LogP contribution is -2.09. The van der Waals surface area contributed by atoms with Gasteiger partial charge in [-0.1, -0.05) is 6.07 Å². The number of nitrogens with zero attached hydrogens (tertiary/aromatic N) is 3. The molecule has 2 rings (SSSR count). The van der Waals surface area contributed by atoms with Gasteiger partial charge in [-0.3, -0.25) is 4.68 Å². The molecule has 2 heterocycles. The van der Waals surface area contributed by atoms with Crippen molar-refractivity contribution in [3.8, 4) is 5.88 Å². The van der Waals surface area contributed by atoms with E-state index in [2.05, 4.69) is 15.4 Å². The van der Waals surface area contributed by atoms with Gasteiger partial charge in [0.1, 0.15) is 5.82 Å². The number of rotatable bonds is 8. The number of anilines is 1. The van der Waals surface area contributed by atoms with E-state index in [4.69, 9.17) is 9.84 Å². The van der Waals surface area contributed by atoms with Gasteiger partial charge in [-0.25, -0.2) is 8.78 Å². The van der Waals surface area contributed by atoms with Gasteiger partial charge in [-0.05, 0) is 19.9 Å². The highest BCUT2D eigenvalue weighted by molar-refractivity contribution is 5.39. The summed E-state index contributed by atoms with van der Waals surface area (Å²) in [6.45, 7) is 4.12. The van der Waals surface area contributed by atoms with Crippen molar-refractivity contribution in [3.63, 3.8) is 0 Å². The standard InChI is InChI=1S/C15H20F2N4O2/c1-10-12(11(2)21(20-10)6-7-22)8-18-14-4-3-5-15(19-14)23-9-13(16)17/h3-5,13,22H,6-9H2,1-2H3,(H,18,19). The lowest BCUT2D eigenvalue weighted by Gasteiger charge is -2.09. The van der Waals surface area contributed by atoms with Gasteiger partial charge in [-0.2, -0.15) is 10.1 Å². The van der Waals surface area contributed by atoms with Crippen LogP contribution in [0.1, 0.15) is 17.0 Å². The quantitative estimate of drug-likeness (QED) is 0.778. The number of aliphatic hydroxyl groups excluding tert-OH is 1. The number of halogens is 2. The Balaban J connectivity index is 2.02. The summed E-state index contributed by atoms with van der Waals surface area (Å²) in [7, 11) is 0. The van der Waals surface area contributed by atoms with Crippen LogP contribution in [0.5, 0.6) is 5.88 Å². The summed E-state index contributed by atoms with van der Waals surface area (Å²) in [4.78, 5) is 4.13. The highest BCUT2D eigenvalue weighted by atomic mass is 19.3. The maximum atomic E-state index is 12.1. The van der Waals surface area contributed by atoms with Crippen molar-refractivity contribution in [3.05, 3.63) is 35.2 Å². The minimum Gasteiger partial charge on any atom is -0.472 e. The van der Waals surface area contributed by atoms with Gasteiger partial charge in [0.15, 0.2) is 6.61 Å². The Morgan fingerprint density at radius 1 is 1.35 bits per heavy atom. The first-order valence-electron chi connectivity index (χ1n) is 7.27. The Morgan fingerprint density at radius 3 is 2.83 bits per heavy atom. The van der Waals surface area contributed by atoms with Crippen LogP contribution in [0.3, 0.4) is 0 Å². The van der Waals surface area contributed by atoms with Crippen LogP contribution in [0.25, 0.3) is 0 Å². The first-order valence-corrected chi connectivity index (χ1v) is 7.27. The fraction of sp³-hybridized carbons (Fsp3) is 0.467. The molecule has 0 unspecified atom stereocenters. The Kier molecular flexibility index (Phi) is 5.86. The first-order chi connectivity index (χ1) is 11.0. The van der Waals surface area contributed by atoms with E-state index in [0.29, 0.717) is 18.9 Å². The average Bonchev–Trinajstić information content (AvgIpc) is 2.78. The van der Waals surface area contributed by atoms with Gasteiger partial charge in [-0.15, -0.1) is 0 Å². The molecule has 0 aliphatic rings. The van der Waals surface area contributed by atoms with E-state index in [9.17, 15) is 8.78 Å². The number of ether oxygens (including phenoxy) is 1. The van der Waals surface area contributed by atoms with E-state index in [1.807, 2.05) is 13.8 Å². The van der Waals surface area contributed by atoms with E-state index in [1.54, 1.807) is 16.8 Å². The van der Waals surface area contributed by atoms with Crippen LogP contribution >= 0.6 is 0 Å². The zero-order chi connectivity index (χ0) is 16.8. The number of aryl methyl sites for hydroxylation is 1. The molecule has 0 amide bonds. The number of aromatic nitrogens is 3. The summed E-state index contributed by atoms with van der Waals surface area (Å²) < 4.78 is 30.9. The molecule has 0 saturated carbocycles. The van der Waals surface area contributed by atoms with Crippen molar-refractivity contribution in [1.29, 1.82) is 0 Å². The molecule has 0 radical (unpaired) electrons. The van der Waals surface area contributed by atoms with Crippen LogP contribution in [0, 0.1) is 13.8 Å². The number of alkyl halides is 2. The maximum Gasteiger partial charge on any atom is 0.272 e. The number of hydrogen-bond donors (Lipinski definition) is 2. The monoisotopic (exact) mass is 326 g/mol. The van der Waals surface area contributed by atoms with Gasteiger partial charge in [0.25, 0.3) is 6.43 Å². The molecule has 0 aliphatic heterocycles. The van der Waals surface area contributed by atoms with Crippen molar-refractivity contribution < 1.29 is 18.6 Å². The van der Waals surface area contributed by atoms with E-state index in [1.165, 1.54) is 6.07 Å². The molecule has 0 fully saturated rings. The molecule has 23 heavy (non-hydrogen) atoms. The Hall–Kier alpha value is -2.22. The molecule has 8 heteroatoms. The molecule has 2 aromatic rings. The molecule has 0 aromatic carbocycles. The Morgan fingerprint density at radius 2 is 2.13 bits per heavy atom. The summed E-state index contributed by atoms with van der Waals surface area (Å²) in [6, 6.07) is 4.95.